The Bertz CT molecular complexity index is 604. The van der Waals surface area contributed by atoms with Gasteiger partial charge in [0.05, 0.1) is 23.6 Å². The molecule has 5 nitrogen and oxygen atoms in total. The molecule has 2 aliphatic rings. The monoisotopic (exact) mass is 315 g/mol. The van der Waals surface area contributed by atoms with Crippen molar-refractivity contribution in [3.05, 3.63) is 29.8 Å². The lowest BCUT2D eigenvalue weighted by Crippen LogP contribution is -2.59. The van der Waals surface area contributed by atoms with Crippen molar-refractivity contribution in [3.8, 4) is 0 Å². The SMILES string of the molecule is Cc1ccc(S(=O)(=O)N2C[C@H](F)C[C@H]3OCOC[C@@H]32)cc1. The maximum atomic E-state index is 13.9. The molecule has 0 unspecified atom stereocenters. The standard InChI is InChI=1S/C14H18FNO4S/c1-10-2-4-12(5-3-10)21(17,18)16-7-11(15)6-14-13(16)8-19-9-20-14/h2-5,11,13-14H,6-9H2,1H3/t11-,13+,14-/m1/s1. The van der Waals surface area contributed by atoms with Gasteiger partial charge in [0.25, 0.3) is 0 Å². The van der Waals surface area contributed by atoms with Gasteiger partial charge in [-0.3, -0.25) is 0 Å². The highest BCUT2D eigenvalue weighted by Gasteiger charge is 2.45. The van der Waals surface area contributed by atoms with E-state index in [1.165, 1.54) is 4.31 Å². The molecule has 1 aromatic carbocycles. The van der Waals surface area contributed by atoms with Crippen LogP contribution in [0.1, 0.15) is 12.0 Å². The van der Waals surface area contributed by atoms with Crippen LogP contribution in [0.25, 0.3) is 0 Å². The molecule has 0 radical (unpaired) electrons. The van der Waals surface area contributed by atoms with Crippen molar-refractivity contribution in [1.82, 2.24) is 4.31 Å². The molecule has 0 amide bonds. The molecule has 0 N–H and O–H groups in total. The Morgan fingerprint density at radius 3 is 2.71 bits per heavy atom. The van der Waals surface area contributed by atoms with Crippen molar-refractivity contribution in [3.63, 3.8) is 0 Å². The number of halogens is 1. The summed E-state index contributed by atoms with van der Waals surface area (Å²) in [6, 6.07) is 6.10. The highest BCUT2D eigenvalue weighted by molar-refractivity contribution is 7.89. The summed E-state index contributed by atoms with van der Waals surface area (Å²) in [4.78, 5) is 0.173. The molecule has 21 heavy (non-hydrogen) atoms. The topological polar surface area (TPSA) is 55.8 Å². The molecule has 3 rings (SSSR count). The molecule has 2 heterocycles. The third-order valence-electron chi connectivity index (χ3n) is 3.95. The fourth-order valence-corrected chi connectivity index (χ4v) is 4.46. The first kappa shape index (κ1) is 14.9. The molecular weight excluding hydrogens is 297 g/mol. The van der Waals surface area contributed by atoms with E-state index in [2.05, 4.69) is 0 Å². The first-order valence-electron chi connectivity index (χ1n) is 6.90. The van der Waals surface area contributed by atoms with E-state index in [1.807, 2.05) is 6.92 Å². The van der Waals surface area contributed by atoms with Gasteiger partial charge in [0, 0.05) is 13.0 Å². The lowest BCUT2D eigenvalue weighted by atomic mass is 10.00. The summed E-state index contributed by atoms with van der Waals surface area (Å²) in [6.45, 7) is 2.06. The number of rotatable bonds is 2. The zero-order valence-corrected chi connectivity index (χ0v) is 12.6. The Kier molecular flexibility index (Phi) is 4.00. The lowest BCUT2D eigenvalue weighted by Gasteiger charge is -2.43. The van der Waals surface area contributed by atoms with Gasteiger partial charge in [-0.2, -0.15) is 4.31 Å². The van der Waals surface area contributed by atoms with Gasteiger partial charge in [0.15, 0.2) is 0 Å². The summed E-state index contributed by atoms with van der Waals surface area (Å²) in [5, 5.41) is 0. The second-order valence-corrected chi connectivity index (χ2v) is 7.37. The zero-order chi connectivity index (χ0) is 15.0. The Morgan fingerprint density at radius 1 is 1.29 bits per heavy atom. The van der Waals surface area contributed by atoms with Crippen LogP contribution in [0.5, 0.6) is 0 Å². The number of fused-ring (bicyclic) bond motifs is 1. The molecule has 0 aromatic heterocycles. The van der Waals surface area contributed by atoms with Gasteiger partial charge in [-0.25, -0.2) is 12.8 Å². The lowest BCUT2D eigenvalue weighted by molar-refractivity contribution is -0.185. The average molecular weight is 315 g/mol. The molecular formula is C14H18FNO4S. The van der Waals surface area contributed by atoms with Crippen molar-refractivity contribution in [1.29, 1.82) is 0 Å². The largest absolute Gasteiger partial charge is 0.354 e. The van der Waals surface area contributed by atoms with Crippen LogP contribution in [0.2, 0.25) is 0 Å². The minimum atomic E-state index is -3.75. The molecule has 0 spiro atoms. The predicted molar refractivity (Wildman–Crippen MR) is 74.1 cm³/mol. The number of piperidine rings is 1. The number of aryl methyl sites for hydroxylation is 1. The van der Waals surface area contributed by atoms with Crippen LogP contribution in [0.3, 0.4) is 0 Å². The van der Waals surface area contributed by atoms with Crippen molar-refractivity contribution >= 4 is 10.0 Å². The number of alkyl halides is 1. The van der Waals surface area contributed by atoms with Gasteiger partial charge < -0.3 is 9.47 Å². The molecule has 0 aliphatic carbocycles. The minimum absolute atomic E-state index is 0.0896. The molecule has 0 saturated carbocycles. The van der Waals surface area contributed by atoms with E-state index >= 15 is 0 Å². The smallest absolute Gasteiger partial charge is 0.243 e. The summed E-state index contributed by atoms with van der Waals surface area (Å²) in [6.07, 6.45) is -1.44. The molecule has 3 atom stereocenters. The third kappa shape index (κ3) is 2.83. The van der Waals surface area contributed by atoms with Gasteiger partial charge in [0.2, 0.25) is 10.0 Å². The number of nitrogens with zero attached hydrogens (tertiary/aromatic N) is 1. The molecule has 116 valence electrons. The summed E-state index contributed by atoms with van der Waals surface area (Å²) in [7, 11) is -3.75. The van der Waals surface area contributed by atoms with Crippen LogP contribution in [0.15, 0.2) is 29.2 Å². The molecule has 1 aromatic rings. The van der Waals surface area contributed by atoms with E-state index in [9.17, 15) is 12.8 Å². The average Bonchev–Trinajstić information content (AvgIpc) is 2.46. The number of sulfonamides is 1. The Balaban J connectivity index is 1.94. The number of ether oxygens (including phenoxy) is 2. The summed E-state index contributed by atoms with van der Waals surface area (Å²) in [5.41, 5.74) is 0.971. The normalized spacial score (nSPS) is 30.9. The van der Waals surface area contributed by atoms with E-state index < -0.39 is 28.3 Å². The van der Waals surface area contributed by atoms with Crippen LogP contribution < -0.4 is 0 Å². The van der Waals surface area contributed by atoms with E-state index in [1.54, 1.807) is 24.3 Å². The Labute approximate surface area is 123 Å². The van der Waals surface area contributed by atoms with Crippen LogP contribution in [0.4, 0.5) is 4.39 Å². The van der Waals surface area contributed by atoms with Crippen LogP contribution in [-0.2, 0) is 19.5 Å². The summed E-state index contributed by atoms with van der Waals surface area (Å²) >= 11 is 0. The molecule has 2 fully saturated rings. The van der Waals surface area contributed by atoms with Crippen molar-refractivity contribution in [2.75, 3.05) is 19.9 Å². The first-order valence-corrected chi connectivity index (χ1v) is 8.34. The zero-order valence-electron chi connectivity index (χ0n) is 11.7. The van der Waals surface area contributed by atoms with Gasteiger partial charge in [-0.15, -0.1) is 0 Å². The molecule has 2 saturated heterocycles. The van der Waals surface area contributed by atoms with Crippen LogP contribution in [-0.4, -0.2) is 51.0 Å². The Hall–Kier alpha value is -1.02. The van der Waals surface area contributed by atoms with Gasteiger partial charge in [0.1, 0.15) is 13.0 Å². The predicted octanol–water partition coefficient (Wildman–Crippen LogP) is 1.47. The molecule has 0 bridgehead atoms. The quantitative estimate of drug-likeness (QED) is 0.829. The van der Waals surface area contributed by atoms with E-state index in [4.69, 9.17) is 9.47 Å². The highest BCUT2D eigenvalue weighted by atomic mass is 32.2. The van der Waals surface area contributed by atoms with Crippen LogP contribution in [0, 0.1) is 6.92 Å². The highest BCUT2D eigenvalue weighted by Crippen LogP contribution is 2.30. The fourth-order valence-electron chi connectivity index (χ4n) is 2.80. The number of hydrogen-bond donors (Lipinski definition) is 0. The second kappa shape index (κ2) is 5.64. The second-order valence-electron chi connectivity index (χ2n) is 5.48. The summed E-state index contributed by atoms with van der Waals surface area (Å²) < 4.78 is 51.1. The maximum Gasteiger partial charge on any atom is 0.243 e. The van der Waals surface area contributed by atoms with Crippen molar-refractivity contribution in [2.24, 2.45) is 0 Å². The van der Waals surface area contributed by atoms with E-state index in [0.29, 0.717) is 0 Å². The van der Waals surface area contributed by atoms with Gasteiger partial charge >= 0.3 is 0 Å². The van der Waals surface area contributed by atoms with Crippen molar-refractivity contribution in [2.45, 2.75) is 36.6 Å². The van der Waals surface area contributed by atoms with E-state index in [-0.39, 0.29) is 31.3 Å². The first-order chi connectivity index (χ1) is 9.98. The van der Waals surface area contributed by atoms with Gasteiger partial charge in [-0.1, -0.05) is 17.7 Å². The van der Waals surface area contributed by atoms with Crippen molar-refractivity contribution < 1.29 is 22.3 Å². The Morgan fingerprint density at radius 2 is 2.00 bits per heavy atom. The summed E-state index contributed by atoms with van der Waals surface area (Å²) in [5.74, 6) is 0. The third-order valence-corrected chi connectivity index (χ3v) is 5.85. The fraction of sp³-hybridized carbons (Fsp3) is 0.571. The van der Waals surface area contributed by atoms with Gasteiger partial charge in [-0.05, 0) is 19.1 Å². The van der Waals surface area contributed by atoms with Crippen LogP contribution >= 0.6 is 0 Å². The number of hydrogen-bond acceptors (Lipinski definition) is 4. The molecule has 7 heteroatoms. The van der Waals surface area contributed by atoms with E-state index in [0.717, 1.165) is 5.56 Å². The maximum absolute atomic E-state index is 13.9. The number of benzene rings is 1. The minimum Gasteiger partial charge on any atom is -0.354 e. The molecule has 2 aliphatic heterocycles.